The lowest BCUT2D eigenvalue weighted by Crippen LogP contribution is -2.43. The van der Waals surface area contributed by atoms with Crippen LogP contribution in [0.1, 0.15) is 55.6 Å². The van der Waals surface area contributed by atoms with Gasteiger partial charge < -0.3 is 20.5 Å². The molecule has 0 bridgehead atoms. The molecular weight excluding hydrogens is 444 g/mol. The van der Waals surface area contributed by atoms with Crippen molar-refractivity contribution >= 4 is 18.0 Å². The molecule has 2 aromatic rings. The number of alkyl carbamates (subject to hydrolysis) is 1. The molecule has 1 atom stereocenters. The number of aliphatic carboxylic acids is 1. The number of carbonyl (C=O) groups is 3. The van der Waals surface area contributed by atoms with Crippen molar-refractivity contribution in [1.82, 2.24) is 10.6 Å². The van der Waals surface area contributed by atoms with Crippen LogP contribution in [0.15, 0.2) is 48.5 Å². The van der Waals surface area contributed by atoms with Gasteiger partial charge in [-0.15, -0.1) is 0 Å². The van der Waals surface area contributed by atoms with Crippen LogP contribution in [-0.4, -0.2) is 42.3 Å². The Balaban J connectivity index is 1.02. The molecule has 0 radical (unpaired) electrons. The van der Waals surface area contributed by atoms with Crippen LogP contribution in [-0.2, 0) is 14.3 Å². The Hall–Kier alpha value is -3.35. The fourth-order valence-electron chi connectivity index (χ4n) is 5.51. The molecule has 3 N–H and O–H groups in total. The van der Waals surface area contributed by atoms with Crippen LogP contribution in [0.4, 0.5) is 4.79 Å². The normalized spacial score (nSPS) is 21.3. The van der Waals surface area contributed by atoms with E-state index in [4.69, 9.17) is 4.74 Å². The molecule has 0 unspecified atom stereocenters. The Bertz CT molecular complexity index is 1060. The SMILES string of the molecule is O=C(CC1CC(CNC(=O)OCC2c3ccccc3-c3ccccc32)C1)N[C@@H](CC1CC1)C(=O)O. The van der Waals surface area contributed by atoms with Crippen LogP contribution < -0.4 is 10.6 Å². The first-order chi connectivity index (χ1) is 17.0. The molecule has 0 aromatic heterocycles. The van der Waals surface area contributed by atoms with E-state index < -0.39 is 18.1 Å². The van der Waals surface area contributed by atoms with E-state index in [9.17, 15) is 19.5 Å². The zero-order valence-electron chi connectivity index (χ0n) is 19.7. The van der Waals surface area contributed by atoms with E-state index in [1.54, 1.807) is 0 Å². The number of nitrogens with one attached hydrogen (secondary N) is 2. The summed E-state index contributed by atoms with van der Waals surface area (Å²) in [5, 5.41) is 14.9. The van der Waals surface area contributed by atoms with Crippen molar-refractivity contribution in [3.8, 4) is 11.1 Å². The fraction of sp³-hybridized carbons (Fsp3) is 0.464. The van der Waals surface area contributed by atoms with Gasteiger partial charge in [0.25, 0.3) is 0 Å². The summed E-state index contributed by atoms with van der Waals surface area (Å²) in [6.07, 6.45) is 4.25. The van der Waals surface area contributed by atoms with Gasteiger partial charge in [-0.3, -0.25) is 4.79 Å². The van der Waals surface area contributed by atoms with Crippen LogP contribution in [0.3, 0.4) is 0 Å². The van der Waals surface area contributed by atoms with Crippen molar-refractivity contribution in [2.75, 3.05) is 13.2 Å². The number of fused-ring (bicyclic) bond motifs is 3. The lowest BCUT2D eigenvalue weighted by molar-refractivity contribution is -0.142. The lowest BCUT2D eigenvalue weighted by Gasteiger charge is -2.35. The number of hydrogen-bond acceptors (Lipinski definition) is 4. The van der Waals surface area contributed by atoms with Crippen LogP contribution >= 0.6 is 0 Å². The van der Waals surface area contributed by atoms with Crippen molar-refractivity contribution < 1.29 is 24.2 Å². The van der Waals surface area contributed by atoms with Gasteiger partial charge in [-0.25, -0.2) is 9.59 Å². The molecule has 184 valence electrons. The van der Waals surface area contributed by atoms with Crippen LogP contribution in [0, 0.1) is 17.8 Å². The zero-order valence-corrected chi connectivity index (χ0v) is 19.7. The molecule has 2 aromatic carbocycles. The number of carbonyl (C=O) groups excluding carboxylic acids is 2. The molecule has 0 saturated heterocycles. The number of hydrogen-bond donors (Lipinski definition) is 3. The quantitative estimate of drug-likeness (QED) is 0.474. The average molecular weight is 477 g/mol. The highest BCUT2D eigenvalue weighted by Gasteiger charge is 2.34. The largest absolute Gasteiger partial charge is 0.480 e. The van der Waals surface area contributed by atoms with E-state index in [1.165, 1.54) is 22.3 Å². The highest BCUT2D eigenvalue weighted by atomic mass is 16.5. The smallest absolute Gasteiger partial charge is 0.407 e. The molecule has 2 amide bonds. The second-order valence-corrected chi connectivity index (χ2v) is 10.3. The highest BCUT2D eigenvalue weighted by molar-refractivity contribution is 5.83. The number of carboxylic acid groups (broad SMARTS) is 1. The molecular formula is C28H32N2O5. The predicted molar refractivity (Wildman–Crippen MR) is 131 cm³/mol. The van der Waals surface area contributed by atoms with Crippen molar-refractivity contribution in [2.45, 2.75) is 50.5 Å². The third kappa shape index (κ3) is 5.50. The molecule has 2 saturated carbocycles. The summed E-state index contributed by atoms with van der Waals surface area (Å²) >= 11 is 0. The molecule has 2 fully saturated rings. The summed E-state index contributed by atoms with van der Waals surface area (Å²) in [4.78, 5) is 36.0. The molecule has 0 spiro atoms. The number of ether oxygens (including phenoxy) is 1. The van der Waals surface area contributed by atoms with Gasteiger partial charge in [0.2, 0.25) is 5.91 Å². The van der Waals surface area contributed by atoms with Gasteiger partial charge in [-0.05, 0) is 59.3 Å². The Morgan fingerprint density at radius 1 is 0.914 bits per heavy atom. The molecule has 35 heavy (non-hydrogen) atoms. The monoisotopic (exact) mass is 476 g/mol. The average Bonchev–Trinajstić information content (AvgIpc) is 3.59. The van der Waals surface area contributed by atoms with Gasteiger partial charge in [-0.1, -0.05) is 61.4 Å². The first kappa shape index (κ1) is 23.4. The molecule has 0 heterocycles. The second-order valence-electron chi connectivity index (χ2n) is 10.3. The maximum Gasteiger partial charge on any atom is 0.407 e. The minimum Gasteiger partial charge on any atom is -0.480 e. The minimum atomic E-state index is -0.955. The molecule has 3 aliphatic rings. The summed E-state index contributed by atoms with van der Waals surface area (Å²) in [6, 6.07) is 15.7. The van der Waals surface area contributed by atoms with E-state index in [1.807, 2.05) is 24.3 Å². The van der Waals surface area contributed by atoms with Crippen molar-refractivity contribution in [3.05, 3.63) is 59.7 Å². The maximum atomic E-state index is 12.4. The van der Waals surface area contributed by atoms with Gasteiger partial charge in [0.15, 0.2) is 0 Å². The van der Waals surface area contributed by atoms with Crippen molar-refractivity contribution in [2.24, 2.45) is 17.8 Å². The number of carboxylic acids is 1. The third-order valence-corrected chi connectivity index (χ3v) is 7.59. The highest BCUT2D eigenvalue weighted by Crippen LogP contribution is 2.44. The maximum absolute atomic E-state index is 12.4. The number of benzene rings is 2. The summed E-state index contributed by atoms with van der Waals surface area (Å²) < 4.78 is 5.58. The Kier molecular flexibility index (Phi) is 6.75. The van der Waals surface area contributed by atoms with E-state index in [-0.39, 0.29) is 17.7 Å². The number of rotatable bonds is 10. The van der Waals surface area contributed by atoms with Crippen LogP contribution in [0.5, 0.6) is 0 Å². The summed E-state index contributed by atoms with van der Waals surface area (Å²) in [5.74, 6) is -0.118. The molecule has 5 rings (SSSR count). The number of amides is 2. The lowest BCUT2D eigenvalue weighted by atomic mass is 9.73. The summed E-state index contributed by atoms with van der Waals surface area (Å²) in [5.41, 5.74) is 4.76. The second kappa shape index (κ2) is 10.1. The van der Waals surface area contributed by atoms with Gasteiger partial charge in [0.05, 0.1) is 0 Å². The Labute approximate surface area is 205 Å². The van der Waals surface area contributed by atoms with Crippen LogP contribution in [0.25, 0.3) is 11.1 Å². The van der Waals surface area contributed by atoms with Gasteiger partial charge in [-0.2, -0.15) is 0 Å². The van der Waals surface area contributed by atoms with Gasteiger partial charge in [0.1, 0.15) is 12.6 Å². The van der Waals surface area contributed by atoms with Crippen molar-refractivity contribution in [3.63, 3.8) is 0 Å². The molecule has 7 heteroatoms. The summed E-state index contributed by atoms with van der Waals surface area (Å²) in [6.45, 7) is 0.813. The minimum absolute atomic E-state index is 0.0364. The van der Waals surface area contributed by atoms with Gasteiger partial charge >= 0.3 is 12.1 Å². The fourth-order valence-corrected chi connectivity index (χ4v) is 5.51. The topological polar surface area (TPSA) is 105 Å². The van der Waals surface area contributed by atoms with E-state index in [0.717, 1.165) is 25.7 Å². The molecule has 0 aliphatic heterocycles. The van der Waals surface area contributed by atoms with E-state index >= 15 is 0 Å². The standard InChI is InChI=1S/C28H32N2O5/c31-26(30-25(27(32)33)13-17-9-10-17)14-18-11-19(12-18)15-29-28(34)35-16-24-22-7-3-1-5-20(22)21-6-2-4-8-23(21)24/h1-8,17-19,24-25H,9-16H2,(H,29,34)(H,30,31)(H,32,33)/t18?,19?,25-/m0/s1. The van der Waals surface area contributed by atoms with Crippen LogP contribution in [0.2, 0.25) is 0 Å². The van der Waals surface area contributed by atoms with E-state index in [2.05, 4.69) is 34.9 Å². The Morgan fingerprint density at radius 3 is 2.14 bits per heavy atom. The predicted octanol–water partition coefficient (Wildman–Crippen LogP) is 4.31. The Morgan fingerprint density at radius 2 is 1.54 bits per heavy atom. The summed E-state index contributed by atoms with van der Waals surface area (Å²) in [7, 11) is 0. The molecule has 7 nitrogen and oxygen atoms in total. The van der Waals surface area contributed by atoms with E-state index in [0.29, 0.717) is 37.8 Å². The zero-order chi connectivity index (χ0) is 24.4. The van der Waals surface area contributed by atoms with Gasteiger partial charge in [0, 0.05) is 18.9 Å². The third-order valence-electron chi connectivity index (χ3n) is 7.59. The van der Waals surface area contributed by atoms with Crippen molar-refractivity contribution in [1.29, 1.82) is 0 Å². The molecule has 3 aliphatic carbocycles. The first-order valence-electron chi connectivity index (χ1n) is 12.6. The first-order valence-corrected chi connectivity index (χ1v) is 12.6.